The summed E-state index contributed by atoms with van der Waals surface area (Å²) in [4.78, 5) is 11.0. The Labute approximate surface area is 111 Å². The van der Waals surface area contributed by atoms with Gasteiger partial charge in [0.05, 0.1) is 12.0 Å². The maximum atomic E-state index is 5.79. The molecular weight excluding hydrogens is 246 g/mol. The van der Waals surface area contributed by atoms with Crippen molar-refractivity contribution in [2.24, 2.45) is 0 Å². The number of rotatable bonds is 6. The molecule has 0 atom stereocenters. The van der Waals surface area contributed by atoms with Crippen molar-refractivity contribution < 1.29 is 4.74 Å². The Balaban J connectivity index is 2.23. The smallest absolute Gasteiger partial charge is 0.227 e. The third kappa shape index (κ3) is 2.90. The van der Waals surface area contributed by atoms with Crippen LogP contribution >= 0.6 is 11.3 Å². The van der Waals surface area contributed by atoms with Crippen LogP contribution in [0.15, 0.2) is 6.07 Å². The van der Waals surface area contributed by atoms with E-state index < -0.39 is 0 Å². The van der Waals surface area contributed by atoms with Crippen LogP contribution in [0.5, 0.6) is 5.88 Å². The summed E-state index contributed by atoms with van der Waals surface area (Å²) in [6, 6.07) is 2.09. The number of unbranched alkanes of at least 4 members (excludes halogenated alkanes) is 2. The van der Waals surface area contributed by atoms with E-state index in [0.717, 1.165) is 23.2 Å². The summed E-state index contributed by atoms with van der Waals surface area (Å²) < 4.78 is 5.79. The lowest BCUT2D eigenvalue weighted by molar-refractivity contribution is 0.299. The second kappa shape index (κ2) is 6.00. The molecule has 0 aliphatic carbocycles. The van der Waals surface area contributed by atoms with Crippen LogP contribution in [-0.2, 0) is 0 Å². The van der Waals surface area contributed by atoms with Crippen LogP contribution < -0.4 is 10.1 Å². The molecule has 0 aromatic carbocycles. The number of hydrogen-bond acceptors (Lipinski definition) is 5. The quantitative estimate of drug-likeness (QED) is 0.810. The van der Waals surface area contributed by atoms with E-state index in [4.69, 9.17) is 4.74 Å². The summed E-state index contributed by atoms with van der Waals surface area (Å²) in [6.45, 7) is 4.98. The molecule has 2 rings (SSSR count). The van der Waals surface area contributed by atoms with Crippen LogP contribution in [-0.4, -0.2) is 23.6 Å². The molecule has 0 saturated carbocycles. The van der Waals surface area contributed by atoms with Crippen molar-refractivity contribution in [3.8, 4) is 5.88 Å². The molecule has 2 heterocycles. The number of anilines is 1. The van der Waals surface area contributed by atoms with Crippen molar-refractivity contribution in [1.82, 2.24) is 9.97 Å². The SMILES string of the molecule is CCCCCOc1nc(NC)nc2sc(C)cc12. The fourth-order valence-corrected chi connectivity index (χ4v) is 2.63. The maximum absolute atomic E-state index is 5.79. The molecule has 0 radical (unpaired) electrons. The van der Waals surface area contributed by atoms with Gasteiger partial charge in [-0.25, -0.2) is 4.98 Å². The van der Waals surface area contributed by atoms with Gasteiger partial charge in [0.15, 0.2) is 0 Å². The topological polar surface area (TPSA) is 47.0 Å². The van der Waals surface area contributed by atoms with Gasteiger partial charge < -0.3 is 10.1 Å². The molecule has 4 nitrogen and oxygen atoms in total. The summed E-state index contributed by atoms with van der Waals surface area (Å²) in [5, 5.41) is 4.00. The van der Waals surface area contributed by atoms with E-state index in [0.29, 0.717) is 11.8 Å². The largest absolute Gasteiger partial charge is 0.477 e. The highest BCUT2D eigenvalue weighted by Gasteiger charge is 2.10. The van der Waals surface area contributed by atoms with Crippen molar-refractivity contribution >= 4 is 27.5 Å². The molecule has 2 aromatic rings. The van der Waals surface area contributed by atoms with Crippen molar-refractivity contribution in [2.45, 2.75) is 33.1 Å². The molecule has 0 fully saturated rings. The molecule has 0 spiro atoms. The summed E-state index contributed by atoms with van der Waals surface area (Å²) in [5.74, 6) is 1.32. The van der Waals surface area contributed by atoms with Crippen LogP contribution in [0.3, 0.4) is 0 Å². The molecule has 2 aromatic heterocycles. The van der Waals surface area contributed by atoms with Gasteiger partial charge in [-0.15, -0.1) is 11.3 Å². The highest BCUT2D eigenvalue weighted by atomic mass is 32.1. The van der Waals surface area contributed by atoms with Gasteiger partial charge in [-0.1, -0.05) is 19.8 Å². The summed E-state index contributed by atoms with van der Waals surface area (Å²) in [5.41, 5.74) is 0. The van der Waals surface area contributed by atoms with Crippen LogP contribution in [0, 0.1) is 6.92 Å². The van der Waals surface area contributed by atoms with Crippen LogP contribution in [0.1, 0.15) is 31.1 Å². The Morgan fingerprint density at radius 2 is 2.17 bits per heavy atom. The number of nitrogens with zero attached hydrogens (tertiary/aromatic N) is 2. The minimum absolute atomic E-state index is 0.620. The molecule has 5 heteroatoms. The fourth-order valence-electron chi connectivity index (χ4n) is 1.76. The Bertz CT molecular complexity index is 524. The molecule has 0 aliphatic heterocycles. The first kappa shape index (κ1) is 13.1. The molecule has 0 bridgehead atoms. The van der Waals surface area contributed by atoms with Gasteiger partial charge in [-0.05, 0) is 19.4 Å². The second-order valence-corrected chi connectivity index (χ2v) is 5.47. The average molecular weight is 265 g/mol. The number of ether oxygens (including phenoxy) is 1. The second-order valence-electron chi connectivity index (χ2n) is 4.23. The predicted molar refractivity (Wildman–Crippen MR) is 76.7 cm³/mol. The van der Waals surface area contributed by atoms with E-state index in [2.05, 4.69) is 35.2 Å². The molecule has 0 aliphatic rings. The van der Waals surface area contributed by atoms with Gasteiger partial charge in [0, 0.05) is 11.9 Å². The van der Waals surface area contributed by atoms with Crippen LogP contribution in [0.4, 0.5) is 5.95 Å². The third-order valence-electron chi connectivity index (χ3n) is 2.69. The highest BCUT2D eigenvalue weighted by Crippen LogP contribution is 2.30. The van der Waals surface area contributed by atoms with Crippen LogP contribution in [0.2, 0.25) is 0 Å². The standard InChI is InChI=1S/C13H19N3OS/c1-4-5-6-7-17-11-10-8-9(2)18-12(10)16-13(14-3)15-11/h8H,4-7H2,1-3H3,(H,14,15,16). The number of nitrogens with one attached hydrogen (secondary N) is 1. The number of fused-ring (bicyclic) bond motifs is 1. The number of aryl methyl sites for hydroxylation is 1. The van der Waals surface area contributed by atoms with Crippen molar-refractivity contribution in [1.29, 1.82) is 0 Å². The Hall–Kier alpha value is -1.36. The Kier molecular flexibility index (Phi) is 4.36. The molecule has 18 heavy (non-hydrogen) atoms. The lowest BCUT2D eigenvalue weighted by Crippen LogP contribution is -2.02. The van der Waals surface area contributed by atoms with Crippen LogP contribution in [0.25, 0.3) is 10.2 Å². The van der Waals surface area contributed by atoms with Gasteiger partial charge in [0.2, 0.25) is 11.8 Å². The summed E-state index contributed by atoms with van der Waals surface area (Å²) in [7, 11) is 1.82. The zero-order valence-electron chi connectivity index (χ0n) is 11.1. The Morgan fingerprint density at radius 1 is 1.33 bits per heavy atom. The number of aromatic nitrogens is 2. The van der Waals surface area contributed by atoms with E-state index in [1.165, 1.54) is 17.7 Å². The normalized spacial score (nSPS) is 10.8. The van der Waals surface area contributed by atoms with Crippen molar-refractivity contribution in [2.75, 3.05) is 19.0 Å². The maximum Gasteiger partial charge on any atom is 0.227 e. The lowest BCUT2D eigenvalue weighted by Gasteiger charge is -2.07. The van der Waals surface area contributed by atoms with Gasteiger partial charge in [0.1, 0.15) is 4.83 Å². The van der Waals surface area contributed by atoms with E-state index in [-0.39, 0.29) is 0 Å². The third-order valence-corrected chi connectivity index (χ3v) is 3.64. The van der Waals surface area contributed by atoms with Gasteiger partial charge in [-0.3, -0.25) is 0 Å². The molecule has 1 N–H and O–H groups in total. The average Bonchev–Trinajstić information content (AvgIpc) is 2.74. The zero-order chi connectivity index (χ0) is 13.0. The summed E-state index contributed by atoms with van der Waals surface area (Å²) in [6.07, 6.45) is 3.46. The van der Waals surface area contributed by atoms with Gasteiger partial charge in [0.25, 0.3) is 0 Å². The first-order chi connectivity index (χ1) is 8.74. The lowest BCUT2D eigenvalue weighted by atomic mass is 10.3. The minimum atomic E-state index is 0.620. The molecular formula is C13H19N3OS. The zero-order valence-corrected chi connectivity index (χ0v) is 11.9. The number of thiophene rings is 1. The molecule has 0 saturated heterocycles. The van der Waals surface area contributed by atoms with Crippen molar-refractivity contribution in [3.63, 3.8) is 0 Å². The molecule has 0 amide bonds. The van der Waals surface area contributed by atoms with E-state index in [1.807, 2.05) is 7.05 Å². The summed E-state index contributed by atoms with van der Waals surface area (Å²) >= 11 is 1.67. The van der Waals surface area contributed by atoms with E-state index in [1.54, 1.807) is 11.3 Å². The van der Waals surface area contributed by atoms with E-state index >= 15 is 0 Å². The highest BCUT2D eigenvalue weighted by molar-refractivity contribution is 7.18. The monoisotopic (exact) mass is 265 g/mol. The van der Waals surface area contributed by atoms with Gasteiger partial charge in [-0.2, -0.15) is 4.98 Å². The van der Waals surface area contributed by atoms with Gasteiger partial charge >= 0.3 is 0 Å². The first-order valence-electron chi connectivity index (χ1n) is 6.33. The Morgan fingerprint density at radius 3 is 2.89 bits per heavy atom. The fraction of sp³-hybridized carbons (Fsp3) is 0.538. The minimum Gasteiger partial charge on any atom is -0.477 e. The van der Waals surface area contributed by atoms with Crippen molar-refractivity contribution in [3.05, 3.63) is 10.9 Å². The molecule has 98 valence electrons. The predicted octanol–water partition coefficient (Wildman–Crippen LogP) is 3.61. The molecule has 0 unspecified atom stereocenters. The van der Waals surface area contributed by atoms with E-state index in [9.17, 15) is 0 Å². The first-order valence-corrected chi connectivity index (χ1v) is 7.15. The number of hydrogen-bond donors (Lipinski definition) is 1.